The number of piperazine rings is 1. The minimum absolute atomic E-state index is 0. The number of aliphatic imine (C=N–C) groups is 1. The molecule has 0 aromatic rings. The standard InChI is InChI=1S/C17H31N5O3.HI/c1-14(23)21-12-10-20(11-13-21)9-6-19-17(18-2)22-7-4-15(5-8-22)16(24)25-3;/h15H,4-13H2,1-3H3,(H,18,19);1H. The van der Waals surface area contributed by atoms with Crippen molar-refractivity contribution in [2.75, 3.05) is 66.5 Å². The molecule has 1 N–H and O–H groups in total. The highest BCUT2D eigenvalue weighted by Crippen LogP contribution is 2.18. The molecule has 0 unspecified atom stereocenters. The number of guanidine groups is 1. The van der Waals surface area contributed by atoms with Crippen molar-refractivity contribution in [3.05, 3.63) is 0 Å². The fraction of sp³-hybridized carbons (Fsp3) is 0.824. The van der Waals surface area contributed by atoms with Crippen molar-refractivity contribution in [1.29, 1.82) is 0 Å². The maximum Gasteiger partial charge on any atom is 0.308 e. The molecule has 2 aliphatic rings. The number of hydrogen-bond acceptors (Lipinski definition) is 5. The van der Waals surface area contributed by atoms with Gasteiger partial charge in [-0.05, 0) is 12.8 Å². The smallest absolute Gasteiger partial charge is 0.308 e. The van der Waals surface area contributed by atoms with Gasteiger partial charge in [-0.25, -0.2) is 0 Å². The third-order valence-electron chi connectivity index (χ3n) is 5.07. The van der Waals surface area contributed by atoms with Gasteiger partial charge in [0.25, 0.3) is 0 Å². The predicted molar refractivity (Wildman–Crippen MR) is 112 cm³/mol. The topological polar surface area (TPSA) is 77.5 Å². The van der Waals surface area contributed by atoms with E-state index in [2.05, 4.69) is 20.1 Å². The third kappa shape index (κ3) is 6.57. The molecule has 8 nitrogen and oxygen atoms in total. The molecule has 2 fully saturated rings. The lowest BCUT2D eigenvalue weighted by molar-refractivity contribution is -0.146. The Labute approximate surface area is 173 Å². The van der Waals surface area contributed by atoms with E-state index < -0.39 is 0 Å². The highest BCUT2D eigenvalue weighted by Gasteiger charge is 2.27. The third-order valence-corrected chi connectivity index (χ3v) is 5.07. The van der Waals surface area contributed by atoms with Crippen molar-refractivity contribution in [2.24, 2.45) is 10.9 Å². The number of hydrogen-bond donors (Lipinski definition) is 1. The maximum atomic E-state index is 11.6. The van der Waals surface area contributed by atoms with Gasteiger partial charge in [-0.1, -0.05) is 0 Å². The van der Waals surface area contributed by atoms with Gasteiger partial charge in [0.15, 0.2) is 5.96 Å². The van der Waals surface area contributed by atoms with Gasteiger partial charge < -0.3 is 19.9 Å². The van der Waals surface area contributed by atoms with Crippen molar-refractivity contribution in [1.82, 2.24) is 20.0 Å². The van der Waals surface area contributed by atoms with Crippen LogP contribution in [0.15, 0.2) is 4.99 Å². The zero-order chi connectivity index (χ0) is 18.2. The van der Waals surface area contributed by atoms with Crippen molar-refractivity contribution < 1.29 is 14.3 Å². The molecule has 26 heavy (non-hydrogen) atoms. The number of esters is 1. The summed E-state index contributed by atoms with van der Waals surface area (Å²) in [5, 5.41) is 3.42. The number of nitrogens with zero attached hydrogens (tertiary/aromatic N) is 4. The monoisotopic (exact) mass is 481 g/mol. The number of amides is 1. The minimum Gasteiger partial charge on any atom is -0.469 e. The summed E-state index contributed by atoms with van der Waals surface area (Å²) in [6.07, 6.45) is 1.61. The molecule has 9 heteroatoms. The van der Waals surface area contributed by atoms with E-state index in [-0.39, 0.29) is 41.8 Å². The number of carbonyl (C=O) groups excluding carboxylic acids is 2. The summed E-state index contributed by atoms with van der Waals surface area (Å²) in [7, 11) is 3.24. The van der Waals surface area contributed by atoms with Crippen molar-refractivity contribution >= 4 is 41.8 Å². The first kappa shape index (κ1) is 22.9. The maximum absolute atomic E-state index is 11.6. The Morgan fingerprint density at radius 2 is 1.69 bits per heavy atom. The summed E-state index contributed by atoms with van der Waals surface area (Å²) in [4.78, 5) is 33.8. The van der Waals surface area contributed by atoms with Gasteiger partial charge in [0.2, 0.25) is 5.91 Å². The largest absolute Gasteiger partial charge is 0.469 e. The van der Waals surface area contributed by atoms with Gasteiger partial charge in [-0.2, -0.15) is 0 Å². The Hall–Kier alpha value is -1.10. The van der Waals surface area contributed by atoms with Crippen molar-refractivity contribution in [2.45, 2.75) is 19.8 Å². The molecular weight excluding hydrogens is 449 g/mol. The Morgan fingerprint density at radius 3 is 2.19 bits per heavy atom. The number of nitrogens with one attached hydrogen (secondary N) is 1. The lowest BCUT2D eigenvalue weighted by Crippen LogP contribution is -2.51. The van der Waals surface area contributed by atoms with E-state index in [1.54, 1.807) is 14.0 Å². The van der Waals surface area contributed by atoms with Gasteiger partial charge in [-0.3, -0.25) is 19.5 Å². The number of methoxy groups -OCH3 is 1. The van der Waals surface area contributed by atoms with Crippen LogP contribution in [0, 0.1) is 5.92 Å². The molecule has 0 aromatic carbocycles. The van der Waals surface area contributed by atoms with E-state index in [0.29, 0.717) is 0 Å². The molecule has 0 radical (unpaired) electrons. The van der Waals surface area contributed by atoms with E-state index >= 15 is 0 Å². The minimum atomic E-state index is -0.104. The number of rotatable bonds is 4. The summed E-state index contributed by atoms with van der Waals surface area (Å²) < 4.78 is 4.83. The van der Waals surface area contributed by atoms with Crippen LogP contribution in [0.25, 0.3) is 0 Å². The summed E-state index contributed by atoms with van der Waals surface area (Å²) >= 11 is 0. The fourth-order valence-electron chi connectivity index (χ4n) is 3.44. The SMILES string of the molecule is CN=C(NCCN1CCN(C(C)=O)CC1)N1CCC(C(=O)OC)CC1.I. The highest BCUT2D eigenvalue weighted by atomic mass is 127. The summed E-state index contributed by atoms with van der Waals surface area (Å²) in [6.45, 7) is 8.48. The number of halogens is 1. The van der Waals surface area contributed by atoms with E-state index in [4.69, 9.17) is 4.74 Å². The summed E-state index contributed by atoms with van der Waals surface area (Å²) in [5.41, 5.74) is 0. The lowest BCUT2D eigenvalue weighted by atomic mass is 9.97. The van der Waals surface area contributed by atoms with Gasteiger partial charge in [0.05, 0.1) is 13.0 Å². The Kier molecular flexibility index (Phi) is 10.2. The number of carbonyl (C=O) groups is 2. The molecule has 0 saturated carbocycles. The van der Waals surface area contributed by atoms with Gasteiger partial charge in [0.1, 0.15) is 0 Å². The summed E-state index contributed by atoms with van der Waals surface area (Å²) in [5.74, 6) is 0.962. The van der Waals surface area contributed by atoms with Crippen LogP contribution in [-0.2, 0) is 14.3 Å². The molecule has 150 valence electrons. The fourth-order valence-corrected chi connectivity index (χ4v) is 3.44. The number of piperidine rings is 1. The van der Waals surface area contributed by atoms with Crippen LogP contribution in [0.2, 0.25) is 0 Å². The average molecular weight is 481 g/mol. The van der Waals surface area contributed by atoms with Crippen molar-refractivity contribution in [3.8, 4) is 0 Å². The molecular formula is C17H32IN5O3. The van der Waals surface area contributed by atoms with E-state index in [1.165, 1.54) is 7.11 Å². The van der Waals surface area contributed by atoms with Crippen LogP contribution in [0.1, 0.15) is 19.8 Å². The normalized spacial score (nSPS) is 19.7. The average Bonchev–Trinajstić information content (AvgIpc) is 2.65. The first-order valence-electron chi connectivity index (χ1n) is 9.06. The van der Waals surface area contributed by atoms with Crippen LogP contribution in [0.3, 0.4) is 0 Å². The quantitative estimate of drug-likeness (QED) is 0.268. The molecule has 2 aliphatic heterocycles. The molecule has 0 aromatic heterocycles. The first-order chi connectivity index (χ1) is 12.0. The van der Waals surface area contributed by atoms with Crippen LogP contribution in [0.5, 0.6) is 0 Å². The lowest BCUT2D eigenvalue weighted by Gasteiger charge is -2.35. The molecule has 2 saturated heterocycles. The van der Waals surface area contributed by atoms with Gasteiger partial charge in [-0.15, -0.1) is 24.0 Å². The Bertz CT molecular complexity index is 487. The zero-order valence-electron chi connectivity index (χ0n) is 16.1. The van der Waals surface area contributed by atoms with Gasteiger partial charge >= 0.3 is 5.97 Å². The highest BCUT2D eigenvalue weighted by molar-refractivity contribution is 14.0. The zero-order valence-corrected chi connectivity index (χ0v) is 18.4. The van der Waals surface area contributed by atoms with E-state index in [0.717, 1.165) is 71.2 Å². The van der Waals surface area contributed by atoms with Gasteiger partial charge in [0, 0.05) is 66.3 Å². The molecule has 2 rings (SSSR count). The molecule has 0 spiro atoms. The predicted octanol–water partition coefficient (Wildman–Crippen LogP) is 0.229. The molecule has 2 heterocycles. The molecule has 0 atom stereocenters. The first-order valence-corrected chi connectivity index (χ1v) is 9.06. The molecule has 1 amide bonds. The second kappa shape index (κ2) is 11.6. The molecule has 0 bridgehead atoms. The van der Waals surface area contributed by atoms with Crippen LogP contribution in [0.4, 0.5) is 0 Å². The van der Waals surface area contributed by atoms with Crippen LogP contribution in [-0.4, -0.2) is 99.1 Å². The molecule has 0 aliphatic carbocycles. The second-order valence-electron chi connectivity index (χ2n) is 6.61. The Balaban J connectivity index is 0.00000338. The van der Waals surface area contributed by atoms with E-state index in [9.17, 15) is 9.59 Å². The van der Waals surface area contributed by atoms with Crippen LogP contribution < -0.4 is 5.32 Å². The van der Waals surface area contributed by atoms with Crippen LogP contribution >= 0.6 is 24.0 Å². The second-order valence-corrected chi connectivity index (χ2v) is 6.61. The van der Waals surface area contributed by atoms with Crippen molar-refractivity contribution in [3.63, 3.8) is 0 Å². The summed E-state index contributed by atoms with van der Waals surface area (Å²) in [6, 6.07) is 0. The van der Waals surface area contributed by atoms with E-state index in [1.807, 2.05) is 4.90 Å². The number of ether oxygens (including phenoxy) is 1. The Morgan fingerprint density at radius 1 is 1.08 bits per heavy atom. The number of likely N-dealkylation sites (tertiary alicyclic amines) is 1.